The number of phosphoric acid groups is 1. The number of fused-ring (bicyclic) bond motifs is 1. The van der Waals surface area contributed by atoms with Gasteiger partial charge in [-0.25, -0.2) is 28.3 Å². The molecule has 0 bridgehead atoms. The Morgan fingerprint density at radius 2 is 1.69 bits per heavy atom. The largest absolute Gasteiger partial charge is 0.493 e. The Labute approximate surface area is 237 Å². The van der Waals surface area contributed by atoms with E-state index in [0.29, 0.717) is 22.9 Å². The van der Waals surface area contributed by atoms with Gasteiger partial charge in [0.2, 0.25) is 11.7 Å². The van der Waals surface area contributed by atoms with Crippen LogP contribution in [0.5, 0.6) is 23.0 Å². The van der Waals surface area contributed by atoms with Gasteiger partial charge in [-0.2, -0.15) is 4.98 Å². The quantitative estimate of drug-likeness (QED) is 0.141. The van der Waals surface area contributed by atoms with Crippen LogP contribution in [0.3, 0.4) is 0 Å². The Balaban J connectivity index is 1.68. The standard InChI is InChI=1S/C23H26FN6O11P/c1-22(2)20(31)30(23(32,33)41-42(34,35)36)19-13(40-22)6-7-16(28-19)27-18-12(24)10-25-21(29-18)26-11-8-14(37-3)17(39-5)15(9-11)38-4/h6-10,32-33H,1-5H3,(H2,34,35,36)(H2,25,26,27,28,29). The molecule has 3 aromatic rings. The van der Waals surface area contributed by atoms with E-state index in [0.717, 1.165) is 6.20 Å². The first-order chi connectivity index (χ1) is 19.6. The second kappa shape index (κ2) is 11.2. The van der Waals surface area contributed by atoms with Gasteiger partial charge in [0.15, 0.2) is 40.3 Å². The van der Waals surface area contributed by atoms with E-state index in [1.807, 2.05) is 0 Å². The van der Waals surface area contributed by atoms with Crippen LogP contribution in [-0.2, 0) is 13.9 Å². The highest BCUT2D eigenvalue weighted by Gasteiger charge is 2.53. The van der Waals surface area contributed by atoms with Gasteiger partial charge >= 0.3 is 13.9 Å². The van der Waals surface area contributed by atoms with Gasteiger partial charge in [-0.3, -0.25) is 4.79 Å². The van der Waals surface area contributed by atoms with Crippen molar-refractivity contribution in [2.24, 2.45) is 0 Å². The maximum absolute atomic E-state index is 14.7. The molecule has 0 spiro atoms. The first-order valence-electron chi connectivity index (χ1n) is 11.7. The summed E-state index contributed by atoms with van der Waals surface area (Å²) in [4.78, 5) is 43.4. The SMILES string of the molecule is COc1cc(Nc2ncc(F)c(Nc3ccc4c(n3)N(C(O)(O)OP(=O)(O)O)C(=O)C(C)(C)O4)n2)cc(OC)c1OC. The van der Waals surface area contributed by atoms with E-state index in [1.165, 1.54) is 47.3 Å². The van der Waals surface area contributed by atoms with Crippen molar-refractivity contribution < 1.29 is 57.2 Å². The number of phosphoric ester groups is 1. The van der Waals surface area contributed by atoms with Crippen LogP contribution in [0.25, 0.3) is 0 Å². The molecule has 42 heavy (non-hydrogen) atoms. The number of carbonyl (C=O) groups excluding carboxylic acids is 1. The highest BCUT2D eigenvalue weighted by Crippen LogP contribution is 2.46. The second-order valence-electron chi connectivity index (χ2n) is 8.98. The Morgan fingerprint density at radius 1 is 1.05 bits per heavy atom. The zero-order chi connectivity index (χ0) is 31.0. The topological polar surface area (TPSA) is 227 Å². The molecule has 1 aromatic carbocycles. The minimum absolute atomic E-state index is 0.0761. The van der Waals surface area contributed by atoms with Crippen molar-refractivity contribution in [3.8, 4) is 23.0 Å². The van der Waals surface area contributed by atoms with Crippen molar-refractivity contribution >= 4 is 42.8 Å². The van der Waals surface area contributed by atoms with Gasteiger partial charge < -0.3 is 49.6 Å². The van der Waals surface area contributed by atoms with E-state index in [9.17, 15) is 24.0 Å². The normalized spacial score (nSPS) is 14.5. The van der Waals surface area contributed by atoms with Crippen LogP contribution in [0.2, 0.25) is 0 Å². The number of rotatable bonds is 10. The molecule has 0 fully saturated rings. The highest BCUT2D eigenvalue weighted by atomic mass is 31.2. The lowest BCUT2D eigenvalue weighted by molar-refractivity contribution is -0.296. The smallest absolute Gasteiger partial charge is 0.475 e. The molecule has 0 unspecified atom stereocenters. The monoisotopic (exact) mass is 612 g/mol. The Morgan fingerprint density at radius 3 is 2.26 bits per heavy atom. The summed E-state index contributed by atoms with van der Waals surface area (Å²) in [6, 6.07) is 5.66. The Hall–Kier alpha value is -4.32. The van der Waals surface area contributed by atoms with Gasteiger partial charge in [0, 0.05) is 17.8 Å². The maximum atomic E-state index is 14.7. The van der Waals surface area contributed by atoms with E-state index < -0.39 is 42.9 Å². The lowest BCUT2D eigenvalue weighted by Gasteiger charge is -2.42. The van der Waals surface area contributed by atoms with Crippen LogP contribution in [0.15, 0.2) is 30.5 Å². The molecule has 0 saturated heterocycles. The van der Waals surface area contributed by atoms with Crippen molar-refractivity contribution in [1.29, 1.82) is 0 Å². The minimum Gasteiger partial charge on any atom is -0.493 e. The molecular weight excluding hydrogens is 586 g/mol. The minimum atomic E-state index is -5.53. The lowest BCUT2D eigenvalue weighted by Crippen LogP contribution is -2.63. The lowest BCUT2D eigenvalue weighted by atomic mass is 10.1. The van der Waals surface area contributed by atoms with Crippen LogP contribution in [0, 0.1) is 5.82 Å². The predicted molar refractivity (Wildman–Crippen MR) is 141 cm³/mol. The molecule has 4 rings (SSSR count). The number of carbonyl (C=O) groups is 1. The average molecular weight is 612 g/mol. The van der Waals surface area contributed by atoms with Crippen LogP contribution in [0.1, 0.15) is 13.8 Å². The molecule has 17 nitrogen and oxygen atoms in total. The number of anilines is 5. The molecule has 0 atom stereocenters. The zero-order valence-corrected chi connectivity index (χ0v) is 23.5. The van der Waals surface area contributed by atoms with Crippen molar-refractivity contribution in [2.75, 3.05) is 36.9 Å². The van der Waals surface area contributed by atoms with E-state index in [4.69, 9.17) is 28.7 Å². The van der Waals surface area contributed by atoms with Crippen LogP contribution in [-0.4, -0.2) is 73.9 Å². The molecule has 19 heteroatoms. The molecule has 0 saturated carbocycles. The van der Waals surface area contributed by atoms with Gasteiger partial charge in [0.1, 0.15) is 5.82 Å². The number of nitrogens with one attached hydrogen (secondary N) is 2. The molecule has 226 valence electrons. The predicted octanol–water partition coefficient (Wildman–Crippen LogP) is 1.73. The molecule has 0 aliphatic carbocycles. The van der Waals surface area contributed by atoms with Crippen molar-refractivity contribution in [3.63, 3.8) is 0 Å². The summed E-state index contributed by atoms with van der Waals surface area (Å²) in [7, 11) is -1.23. The van der Waals surface area contributed by atoms with Crippen LogP contribution >= 0.6 is 7.82 Å². The number of benzene rings is 1. The molecule has 1 aliphatic rings. The van der Waals surface area contributed by atoms with Crippen LogP contribution < -0.4 is 34.5 Å². The third kappa shape index (κ3) is 6.28. The summed E-state index contributed by atoms with van der Waals surface area (Å²) in [6.45, 7) is 2.54. The number of aromatic nitrogens is 3. The molecule has 2 aromatic heterocycles. The molecule has 6 N–H and O–H groups in total. The molecule has 1 aliphatic heterocycles. The Bertz CT molecular complexity index is 1540. The summed E-state index contributed by atoms with van der Waals surface area (Å²) in [5.74, 6) is -2.58. The van der Waals surface area contributed by atoms with E-state index in [1.54, 1.807) is 12.1 Å². The van der Waals surface area contributed by atoms with E-state index in [-0.39, 0.29) is 22.4 Å². The number of ether oxygens (including phenoxy) is 4. The first kappa shape index (κ1) is 30.6. The van der Waals surface area contributed by atoms with Crippen LogP contribution in [0.4, 0.5) is 33.5 Å². The van der Waals surface area contributed by atoms with Crippen molar-refractivity contribution in [1.82, 2.24) is 15.0 Å². The summed E-state index contributed by atoms with van der Waals surface area (Å²) in [6.07, 6.45) is -2.99. The van der Waals surface area contributed by atoms with Crippen molar-refractivity contribution in [3.05, 3.63) is 36.3 Å². The average Bonchev–Trinajstić information content (AvgIpc) is 2.89. The van der Waals surface area contributed by atoms with Gasteiger partial charge in [-0.15, -0.1) is 0 Å². The third-order valence-corrected chi connectivity index (χ3v) is 6.06. The van der Waals surface area contributed by atoms with Gasteiger partial charge in [-0.05, 0) is 26.0 Å². The number of methoxy groups -OCH3 is 3. The molecular formula is C23H26FN6O11P. The number of hydrogen-bond donors (Lipinski definition) is 6. The summed E-state index contributed by atoms with van der Waals surface area (Å²) < 4.78 is 51.6. The fourth-order valence-electron chi connectivity index (χ4n) is 3.82. The van der Waals surface area contributed by atoms with Gasteiger partial charge in [0.25, 0.3) is 5.91 Å². The zero-order valence-electron chi connectivity index (χ0n) is 22.6. The molecule has 0 radical (unpaired) electrons. The summed E-state index contributed by atoms with van der Waals surface area (Å²) in [5.41, 5.74) is -1.33. The maximum Gasteiger partial charge on any atom is 0.475 e. The third-order valence-electron chi connectivity index (χ3n) is 5.58. The van der Waals surface area contributed by atoms with Gasteiger partial charge in [-0.1, -0.05) is 0 Å². The van der Waals surface area contributed by atoms with Gasteiger partial charge in [0.05, 0.1) is 27.5 Å². The molecule has 3 heterocycles. The number of aliphatic hydroxyl groups is 2. The number of hydrogen-bond acceptors (Lipinski definition) is 14. The first-order valence-corrected chi connectivity index (χ1v) is 13.2. The number of pyridine rings is 1. The van der Waals surface area contributed by atoms with E-state index >= 15 is 0 Å². The summed E-state index contributed by atoms with van der Waals surface area (Å²) >= 11 is 0. The number of nitrogens with zero attached hydrogens (tertiary/aromatic N) is 4. The Kier molecular flexibility index (Phi) is 8.14. The van der Waals surface area contributed by atoms with Crippen molar-refractivity contribution in [2.45, 2.75) is 25.5 Å². The second-order valence-corrected chi connectivity index (χ2v) is 10.1. The fourth-order valence-corrected chi connectivity index (χ4v) is 4.22. The number of halogens is 1. The van der Waals surface area contributed by atoms with E-state index in [2.05, 4.69) is 30.1 Å². The molecule has 1 amide bonds. The fraction of sp³-hybridized carbons (Fsp3) is 0.304. The number of amides is 1. The highest BCUT2D eigenvalue weighted by molar-refractivity contribution is 7.46. The summed E-state index contributed by atoms with van der Waals surface area (Å²) in [5, 5.41) is 26.1.